The van der Waals surface area contributed by atoms with E-state index in [0.717, 1.165) is 40.6 Å². The van der Waals surface area contributed by atoms with Gasteiger partial charge in [-0.15, -0.1) is 5.10 Å². The Labute approximate surface area is 125 Å². The molecule has 0 fully saturated rings. The molecule has 0 aliphatic heterocycles. The maximum absolute atomic E-state index is 6.00. The first-order valence-electron chi connectivity index (χ1n) is 6.96. The minimum absolute atomic E-state index is 0.205. The molecule has 1 aromatic heterocycles. The van der Waals surface area contributed by atoms with Crippen LogP contribution in [0, 0.1) is 13.8 Å². The van der Waals surface area contributed by atoms with Crippen LogP contribution in [0.2, 0.25) is 5.02 Å². The van der Waals surface area contributed by atoms with Crippen LogP contribution in [0.5, 0.6) is 0 Å². The molecule has 4 nitrogen and oxygen atoms in total. The van der Waals surface area contributed by atoms with E-state index < -0.39 is 0 Å². The summed E-state index contributed by atoms with van der Waals surface area (Å²) in [5.74, 6) is 0. The Morgan fingerprint density at radius 3 is 2.75 bits per heavy atom. The summed E-state index contributed by atoms with van der Waals surface area (Å²) < 4.78 is 1.88. The number of rotatable bonds is 5. The summed E-state index contributed by atoms with van der Waals surface area (Å²) in [5.41, 5.74) is 4.17. The Morgan fingerprint density at radius 2 is 2.10 bits per heavy atom. The van der Waals surface area contributed by atoms with Gasteiger partial charge in [0.15, 0.2) is 0 Å². The first-order valence-corrected chi connectivity index (χ1v) is 7.34. The van der Waals surface area contributed by atoms with Crippen LogP contribution in [0.25, 0.3) is 5.69 Å². The van der Waals surface area contributed by atoms with E-state index in [4.69, 9.17) is 11.6 Å². The molecule has 5 heteroatoms. The van der Waals surface area contributed by atoms with Crippen molar-refractivity contribution in [1.29, 1.82) is 0 Å². The quantitative estimate of drug-likeness (QED) is 0.915. The molecule has 2 rings (SSSR count). The second kappa shape index (κ2) is 6.37. The van der Waals surface area contributed by atoms with Gasteiger partial charge in [-0.05, 0) is 57.5 Å². The van der Waals surface area contributed by atoms with Crippen LogP contribution in [0.3, 0.4) is 0 Å². The summed E-state index contributed by atoms with van der Waals surface area (Å²) in [6.07, 6.45) is 1.10. The predicted molar refractivity (Wildman–Crippen MR) is 82.6 cm³/mol. The molecule has 0 saturated heterocycles. The van der Waals surface area contributed by atoms with Crippen LogP contribution in [0.15, 0.2) is 18.2 Å². The van der Waals surface area contributed by atoms with E-state index in [-0.39, 0.29) is 6.04 Å². The monoisotopic (exact) mass is 292 g/mol. The van der Waals surface area contributed by atoms with Crippen LogP contribution < -0.4 is 5.32 Å². The Kier molecular flexibility index (Phi) is 4.78. The Balaban J connectivity index is 2.33. The number of aromatic nitrogens is 3. The zero-order chi connectivity index (χ0) is 14.7. The molecule has 0 aliphatic rings. The molecule has 20 heavy (non-hydrogen) atoms. The van der Waals surface area contributed by atoms with Crippen molar-refractivity contribution in [2.75, 3.05) is 6.54 Å². The normalized spacial score (nSPS) is 12.7. The zero-order valence-corrected chi connectivity index (χ0v) is 13.2. The van der Waals surface area contributed by atoms with Gasteiger partial charge >= 0.3 is 0 Å². The van der Waals surface area contributed by atoms with Gasteiger partial charge in [-0.25, -0.2) is 4.68 Å². The standard InChI is InChI=1S/C15H21ClN4/c1-5-8-17-11(3)15-12(4)20(19-18-15)14-7-6-13(16)9-10(14)2/h6-7,9,11,17H,5,8H2,1-4H3. The highest BCUT2D eigenvalue weighted by atomic mass is 35.5. The van der Waals surface area contributed by atoms with Crippen LogP contribution in [0.1, 0.15) is 43.3 Å². The summed E-state index contributed by atoms with van der Waals surface area (Å²) in [6, 6.07) is 6.00. The van der Waals surface area contributed by atoms with Gasteiger partial charge in [0.05, 0.1) is 17.4 Å². The van der Waals surface area contributed by atoms with Gasteiger partial charge in [-0.2, -0.15) is 0 Å². The number of halogens is 1. The smallest absolute Gasteiger partial charge is 0.103 e. The van der Waals surface area contributed by atoms with E-state index >= 15 is 0 Å². The molecule has 1 unspecified atom stereocenters. The third kappa shape index (κ3) is 3.02. The molecule has 0 radical (unpaired) electrons. The van der Waals surface area contributed by atoms with Crippen molar-refractivity contribution >= 4 is 11.6 Å². The Morgan fingerprint density at radius 1 is 1.35 bits per heavy atom. The van der Waals surface area contributed by atoms with Crippen LogP contribution in [-0.4, -0.2) is 21.5 Å². The second-order valence-corrected chi connectivity index (χ2v) is 5.51. The number of hydrogen-bond donors (Lipinski definition) is 1. The summed E-state index contributed by atoms with van der Waals surface area (Å²) in [7, 11) is 0. The van der Waals surface area contributed by atoms with Crippen molar-refractivity contribution in [1.82, 2.24) is 20.3 Å². The number of nitrogens with one attached hydrogen (secondary N) is 1. The molecule has 0 amide bonds. The summed E-state index contributed by atoms with van der Waals surface area (Å²) in [5, 5.41) is 12.8. The van der Waals surface area contributed by atoms with Crippen LogP contribution >= 0.6 is 11.6 Å². The fourth-order valence-corrected chi connectivity index (χ4v) is 2.51. The molecule has 0 bridgehead atoms. The molecule has 1 atom stereocenters. The van der Waals surface area contributed by atoms with Crippen molar-refractivity contribution in [3.63, 3.8) is 0 Å². The Bertz CT molecular complexity index is 592. The lowest BCUT2D eigenvalue weighted by Gasteiger charge is -2.12. The number of aryl methyl sites for hydroxylation is 1. The molecular formula is C15H21ClN4. The molecule has 108 valence electrons. The molecule has 0 aliphatic carbocycles. The highest BCUT2D eigenvalue weighted by Crippen LogP contribution is 2.22. The second-order valence-electron chi connectivity index (χ2n) is 5.08. The number of nitrogens with zero attached hydrogens (tertiary/aromatic N) is 3. The molecule has 0 spiro atoms. The van der Waals surface area contributed by atoms with Crippen molar-refractivity contribution in [3.8, 4) is 5.69 Å². The average Bonchev–Trinajstić information content (AvgIpc) is 2.78. The molecule has 2 aromatic rings. The highest BCUT2D eigenvalue weighted by Gasteiger charge is 2.16. The average molecular weight is 293 g/mol. The zero-order valence-electron chi connectivity index (χ0n) is 12.4. The van der Waals surface area contributed by atoms with Crippen molar-refractivity contribution in [3.05, 3.63) is 40.2 Å². The molecule has 1 aromatic carbocycles. The number of benzene rings is 1. The first kappa shape index (κ1) is 15.0. The summed E-state index contributed by atoms with van der Waals surface area (Å²) in [4.78, 5) is 0. The third-order valence-electron chi connectivity index (χ3n) is 3.43. The first-order chi connectivity index (χ1) is 9.54. The molecule has 1 N–H and O–H groups in total. The fraction of sp³-hybridized carbons (Fsp3) is 0.467. The third-order valence-corrected chi connectivity index (χ3v) is 3.66. The maximum atomic E-state index is 6.00. The minimum Gasteiger partial charge on any atom is -0.309 e. The van der Waals surface area contributed by atoms with E-state index in [2.05, 4.69) is 29.5 Å². The lowest BCUT2D eigenvalue weighted by Crippen LogP contribution is -2.20. The Hall–Kier alpha value is -1.39. The van der Waals surface area contributed by atoms with Crippen LogP contribution in [0.4, 0.5) is 0 Å². The van der Waals surface area contributed by atoms with Crippen LogP contribution in [-0.2, 0) is 0 Å². The summed E-state index contributed by atoms with van der Waals surface area (Å²) in [6.45, 7) is 9.33. The molecule has 1 heterocycles. The topological polar surface area (TPSA) is 42.7 Å². The highest BCUT2D eigenvalue weighted by molar-refractivity contribution is 6.30. The van der Waals surface area contributed by atoms with E-state index in [0.29, 0.717) is 0 Å². The maximum Gasteiger partial charge on any atom is 0.103 e. The SMILES string of the molecule is CCCNC(C)c1nnn(-c2ccc(Cl)cc2C)c1C. The van der Waals surface area contributed by atoms with E-state index in [1.807, 2.05) is 36.7 Å². The van der Waals surface area contributed by atoms with Crippen molar-refractivity contribution in [2.24, 2.45) is 0 Å². The molecule has 0 saturated carbocycles. The lowest BCUT2D eigenvalue weighted by atomic mass is 10.1. The lowest BCUT2D eigenvalue weighted by molar-refractivity contribution is 0.555. The van der Waals surface area contributed by atoms with Gasteiger partial charge in [0.1, 0.15) is 5.69 Å². The fourth-order valence-electron chi connectivity index (χ4n) is 2.28. The largest absolute Gasteiger partial charge is 0.309 e. The van der Waals surface area contributed by atoms with Gasteiger partial charge in [-0.3, -0.25) is 0 Å². The van der Waals surface area contributed by atoms with Crippen molar-refractivity contribution in [2.45, 2.75) is 40.2 Å². The van der Waals surface area contributed by atoms with E-state index in [1.165, 1.54) is 0 Å². The van der Waals surface area contributed by atoms with Gasteiger partial charge in [0, 0.05) is 5.02 Å². The predicted octanol–water partition coefficient (Wildman–Crippen LogP) is 3.60. The van der Waals surface area contributed by atoms with E-state index in [9.17, 15) is 0 Å². The minimum atomic E-state index is 0.205. The van der Waals surface area contributed by atoms with Crippen molar-refractivity contribution < 1.29 is 0 Å². The van der Waals surface area contributed by atoms with Gasteiger partial charge < -0.3 is 5.32 Å². The van der Waals surface area contributed by atoms with Gasteiger partial charge in [0.2, 0.25) is 0 Å². The van der Waals surface area contributed by atoms with Gasteiger partial charge in [-0.1, -0.05) is 23.7 Å². The van der Waals surface area contributed by atoms with Gasteiger partial charge in [0.25, 0.3) is 0 Å². The van der Waals surface area contributed by atoms with E-state index in [1.54, 1.807) is 0 Å². The number of hydrogen-bond acceptors (Lipinski definition) is 3. The molecular weight excluding hydrogens is 272 g/mol. The summed E-state index contributed by atoms with van der Waals surface area (Å²) >= 11 is 6.00.